The second kappa shape index (κ2) is 7.11. The van der Waals surface area contributed by atoms with Crippen LogP contribution in [0.3, 0.4) is 0 Å². The number of aromatic nitrogens is 4. The van der Waals surface area contributed by atoms with Crippen molar-refractivity contribution in [1.29, 1.82) is 0 Å². The number of H-pyrrole nitrogens is 1. The molecule has 1 aliphatic rings. The summed E-state index contributed by atoms with van der Waals surface area (Å²) in [4.78, 5) is 42.4. The molecule has 1 amide bonds. The molecule has 2 aromatic heterocycles. The normalized spacial score (nSPS) is 13.3. The Morgan fingerprint density at radius 1 is 1.22 bits per heavy atom. The number of nitrogens with one attached hydrogen (secondary N) is 1. The maximum Gasteiger partial charge on any atom is 0.254 e. The molecule has 3 aromatic rings. The number of aryl methyl sites for hydroxylation is 1. The minimum absolute atomic E-state index is 0.0348. The summed E-state index contributed by atoms with van der Waals surface area (Å²) in [6, 6.07) is 7.95. The van der Waals surface area contributed by atoms with Crippen LogP contribution in [0.1, 0.15) is 22.4 Å². The second-order valence-corrected chi connectivity index (χ2v) is 6.66. The number of hydrogen-bond acceptors (Lipinski definition) is 5. The molecule has 3 heterocycles. The Labute approximate surface area is 156 Å². The Morgan fingerprint density at radius 2 is 2.04 bits per heavy atom. The monoisotopic (exact) mass is 361 g/mol. The number of rotatable bonds is 3. The van der Waals surface area contributed by atoms with Gasteiger partial charge in [0, 0.05) is 24.5 Å². The first-order valence-corrected chi connectivity index (χ1v) is 8.82. The largest absolute Gasteiger partial charge is 0.336 e. The van der Waals surface area contributed by atoms with Gasteiger partial charge in [-0.1, -0.05) is 29.8 Å². The van der Waals surface area contributed by atoms with E-state index < -0.39 is 0 Å². The molecule has 7 heteroatoms. The van der Waals surface area contributed by atoms with E-state index in [0.29, 0.717) is 48.7 Å². The highest BCUT2D eigenvalue weighted by Gasteiger charge is 2.24. The van der Waals surface area contributed by atoms with E-state index in [1.807, 2.05) is 31.2 Å². The molecule has 27 heavy (non-hydrogen) atoms. The van der Waals surface area contributed by atoms with Gasteiger partial charge in [0.25, 0.3) is 5.56 Å². The number of carbonyl (C=O) groups is 1. The van der Waals surface area contributed by atoms with Crippen molar-refractivity contribution in [3.05, 3.63) is 75.6 Å². The summed E-state index contributed by atoms with van der Waals surface area (Å²) in [6.45, 7) is 2.87. The third-order valence-electron chi connectivity index (χ3n) is 4.71. The highest BCUT2D eigenvalue weighted by Crippen LogP contribution is 2.18. The molecule has 1 N–H and O–H groups in total. The average Bonchev–Trinajstić information content (AvgIpc) is 2.70. The van der Waals surface area contributed by atoms with Crippen molar-refractivity contribution in [2.24, 2.45) is 0 Å². The van der Waals surface area contributed by atoms with Crippen molar-refractivity contribution in [3.63, 3.8) is 0 Å². The van der Waals surface area contributed by atoms with Crippen LogP contribution < -0.4 is 5.56 Å². The predicted molar refractivity (Wildman–Crippen MR) is 99.9 cm³/mol. The lowest BCUT2D eigenvalue weighted by molar-refractivity contribution is -0.131. The third kappa shape index (κ3) is 3.62. The number of fused-ring (bicyclic) bond motifs is 1. The van der Waals surface area contributed by atoms with Gasteiger partial charge in [0.1, 0.15) is 5.69 Å². The standard InChI is InChI=1S/C20H19N5O2/c1-13-2-4-14(5-3-13)10-18(26)25-9-6-15-17(12-25)23-19(24-20(15)27)16-11-21-7-8-22-16/h2-5,7-8,11H,6,9-10,12H2,1H3,(H,23,24,27). The first-order chi connectivity index (χ1) is 13.1. The van der Waals surface area contributed by atoms with E-state index in [2.05, 4.69) is 19.9 Å². The van der Waals surface area contributed by atoms with Gasteiger partial charge in [-0.2, -0.15) is 0 Å². The molecule has 1 aromatic carbocycles. The van der Waals surface area contributed by atoms with Crippen LogP contribution in [0, 0.1) is 6.92 Å². The zero-order valence-electron chi connectivity index (χ0n) is 15.0. The Bertz CT molecular complexity index is 1030. The first-order valence-electron chi connectivity index (χ1n) is 8.82. The third-order valence-corrected chi connectivity index (χ3v) is 4.71. The van der Waals surface area contributed by atoms with Crippen molar-refractivity contribution in [2.45, 2.75) is 26.3 Å². The molecule has 0 spiro atoms. The van der Waals surface area contributed by atoms with Gasteiger partial charge in [-0.3, -0.25) is 14.6 Å². The maximum absolute atomic E-state index is 12.7. The molecule has 1 aliphatic heterocycles. The van der Waals surface area contributed by atoms with Gasteiger partial charge in [-0.05, 0) is 18.9 Å². The fourth-order valence-electron chi connectivity index (χ4n) is 3.19. The van der Waals surface area contributed by atoms with Gasteiger partial charge in [0.15, 0.2) is 5.82 Å². The lowest BCUT2D eigenvalue weighted by Crippen LogP contribution is -2.40. The van der Waals surface area contributed by atoms with Crippen LogP contribution in [-0.2, 0) is 24.2 Å². The van der Waals surface area contributed by atoms with Crippen molar-refractivity contribution < 1.29 is 4.79 Å². The summed E-state index contributed by atoms with van der Waals surface area (Å²) < 4.78 is 0. The zero-order chi connectivity index (χ0) is 18.8. The van der Waals surface area contributed by atoms with Crippen LogP contribution in [-0.4, -0.2) is 37.3 Å². The Balaban J connectivity index is 1.56. The maximum atomic E-state index is 12.7. The Hall–Kier alpha value is -3.35. The predicted octanol–water partition coefficient (Wildman–Crippen LogP) is 1.66. The molecule has 0 saturated heterocycles. The zero-order valence-corrected chi connectivity index (χ0v) is 15.0. The van der Waals surface area contributed by atoms with Crippen molar-refractivity contribution in [2.75, 3.05) is 6.54 Å². The fourth-order valence-corrected chi connectivity index (χ4v) is 3.19. The van der Waals surface area contributed by atoms with E-state index in [4.69, 9.17) is 0 Å². The van der Waals surface area contributed by atoms with Gasteiger partial charge < -0.3 is 9.88 Å². The van der Waals surface area contributed by atoms with Crippen LogP contribution in [0.4, 0.5) is 0 Å². The quantitative estimate of drug-likeness (QED) is 0.766. The molecule has 7 nitrogen and oxygen atoms in total. The number of carbonyl (C=O) groups excluding carboxylic acids is 1. The van der Waals surface area contributed by atoms with Gasteiger partial charge in [-0.15, -0.1) is 0 Å². The topological polar surface area (TPSA) is 91.8 Å². The minimum Gasteiger partial charge on any atom is -0.336 e. The van der Waals surface area contributed by atoms with Crippen LogP contribution >= 0.6 is 0 Å². The van der Waals surface area contributed by atoms with E-state index in [0.717, 1.165) is 11.1 Å². The Morgan fingerprint density at radius 3 is 2.78 bits per heavy atom. The van der Waals surface area contributed by atoms with Crippen molar-refractivity contribution >= 4 is 5.91 Å². The van der Waals surface area contributed by atoms with Crippen molar-refractivity contribution in [1.82, 2.24) is 24.8 Å². The van der Waals surface area contributed by atoms with Gasteiger partial charge >= 0.3 is 0 Å². The fraction of sp³-hybridized carbons (Fsp3) is 0.250. The van der Waals surface area contributed by atoms with E-state index in [1.165, 1.54) is 0 Å². The molecule has 0 saturated carbocycles. The summed E-state index contributed by atoms with van der Waals surface area (Å²) in [5, 5.41) is 0. The smallest absolute Gasteiger partial charge is 0.254 e. The van der Waals surface area contributed by atoms with E-state index >= 15 is 0 Å². The van der Waals surface area contributed by atoms with Gasteiger partial charge in [0.2, 0.25) is 5.91 Å². The van der Waals surface area contributed by atoms with Crippen LogP contribution in [0.2, 0.25) is 0 Å². The first kappa shape index (κ1) is 17.1. The summed E-state index contributed by atoms with van der Waals surface area (Å²) in [6.07, 6.45) is 5.50. The number of hydrogen-bond donors (Lipinski definition) is 1. The highest BCUT2D eigenvalue weighted by molar-refractivity contribution is 5.79. The number of amides is 1. The molecule has 0 bridgehead atoms. The molecule has 0 fully saturated rings. The van der Waals surface area contributed by atoms with E-state index in [1.54, 1.807) is 23.5 Å². The molecular weight excluding hydrogens is 342 g/mol. The molecule has 136 valence electrons. The molecule has 0 atom stereocenters. The molecule has 4 rings (SSSR count). The van der Waals surface area contributed by atoms with Gasteiger partial charge in [0.05, 0.1) is 24.9 Å². The van der Waals surface area contributed by atoms with Crippen LogP contribution in [0.5, 0.6) is 0 Å². The number of benzene rings is 1. The summed E-state index contributed by atoms with van der Waals surface area (Å²) in [7, 11) is 0. The summed E-state index contributed by atoms with van der Waals surface area (Å²) in [5.41, 5.74) is 3.74. The lowest BCUT2D eigenvalue weighted by atomic mass is 10.0. The SMILES string of the molecule is Cc1ccc(CC(=O)N2CCc3c(nc(-c4cnccn4)[nH]c3=O)C2)cc1. The second-order valence-electron chi connectivity index (χ2n) is 6.66. The van der Waals surface area contributed by atoms with E-state index in [9.17, 15) is 9.59 Å². The molecule has 0 radical (unpaired) electrons. The average molecular weight is 361 g/mol. The summed E-state index contributed by atoms with van der Waals surface area (Å²) in [5.74, 6) is 0.410. The highest BCUT2D eigenvalue weighted by atomic mass is 16.2. The lowest BCUT2D eigenvalue weighted by Gasteiger charge is -2.28. The van der Waals surface area contributed by atoms with E-state index in [-0.39, 0.29) is 11.5 Å². The molecule has 0 aliphatic carbocycles. The van der Waals surface area contributed by atoms with Crippen LogP contribution in [0.25, 0.3) is 11.5 Å². The van der Waals surface area contributed by atoms with Crippen LogP contribution in [0.15, 0.2) is 47.7 Å². The Kier molecular flexibility index (Phi) is 4.50. The number of aromatic amines is 1. The molecular formula is C20H19N5O2. The van der Waals surface area contributed by atoms with Crippen molar-refractivity contribution in [3.8, 4) is 11.5 Å². The van der Waals surface area contributed by atoms with Gasteiger partial charge in [-0.25, -0.2) is 9.97 Å². The molecule has 0 unspecified atom stereocenters. The minimum atomic E-state index is -0.175. The summed E-state index contributed by atoms with van der Waals surface area (Å²) >= 11 is 0. The number of nitrogens with zero attached hydrogens (tertiary/aromatic N) is 4.